The molecule has 4 rings (SSSR count). The zero-order chi connectivity index (χ0) is 26.5. The number of carboxylic acids is 1. The molecule has 37 heavy (non-hydrogen) atoms. The molecule has 11 heteroatoms. The van der Waals surface area contributed by atoms with Gasteiger partial charge in [0.1, 0.15) is 17.4 Å². The highest BCUT2D eigenvalue weighted by Gasteiger charge is 2.27. The molecule has 0 radical (unpaired) electrons. The van der Waals surface area contributed by atoms with Crippen LogP contribution in [0.1, 0.15) is 46.3 Å². The van der Waals surface area contributed by atoms with Gasteiger partial charge < -0.3 is 20.2 Å². The molecule has 0 aliphatic carbocycles. The molecule has 1 aliphatic rings. The third-order valence-corrected chi connectivity index (χ3v) is 8.79. The minimum absolute atomic E-state index is 0.294. The highest BCUT2D eigenvalue weighted by atomic mass is 32.2. The quantitative estimate of drug-likeness (QED) is 0.381. The molecule has 1 saturated heterocycles. The fourth-order valence-electron chi connectivity index (χ4n) is 4.51. The molecule has 2 aromatic heterocycles. The number of rotatable bonds is 8. The number of aromatic amines is 1. The minimum Gasteiger partial charge on any atom is -0.474 e. The highest BCUT2D eigenvalue weighted by Crippen LogP contribution is 2.26. The number of hydrogen-bond donors (Lipinski definition) is 3. The summed E-state index contributed by atoms with van der Waals surface area (Å²) >= 11 is 0. The van der Waals surface area contributed by atoms with Gasteiger partial charge in [0, 0.05) is 42.2 Å². The van der Waals surface area contributed by atoms with Crippen LogP contribution in [-0.4, -0.2) is 64.2 Å². The Balaban J connectivity index is 1.68. The number of aromatic nitrogens is 3. The van der Waals surface area contributed by atoms with Crippen molar-refractivity contribution in [2.45, 2.75) is 45.0 Å². The maximum absolute atomic E-state index is 11.8. The van der Waals surface area contributed by atoms with Gasteiger partial charge in [-0.2, -0.15) is 15.2 Å². The lowest BCUT2D eigenvalue weighted by molar-refractivity contribution is 0.0701. The first-order valence-electron chi connectivity index (χ1n) is 12.3. The second-order valence-electron chi connectivity index (χ2n) is 9.24. The average molecular weight is 522 g/mol. The number of aryl methyl sites for hydroxylation is 1. The third-order valence-electron chi connectivity index (χ3n) is 6.58. The number of carboxylic acid groups (broad SMARTS) is 1. The zero-order valence-corrected chi connectivity index (χ0v) is 22.5. The van der Waals surface area contributed by atoms with Crippen LogP contribution in [-0.2, 0) is 12.3 Å². The number of aromatic carboxylic acids is 1. The zero-order valence-electron chi connectivity index (χ0n) is 21.7. The number of thiazole rings is 1. The summed E-state index contributed by atoms with van der Waals surface area (Å²) in [6.45, 7) is 6.01. The number of piperidine rings is 1. The summed E-state index contributed by atoms with van der Waals surface area (Å²) in [7, 11) is 3.57. The van der Waals surface area contributed by atoms with Gasteiger partial charge in [-0.3, -0.25) is 4.98 Å². The van der Waals surface area contributed by atoms with Crippen molar-refractivity contribution >= 4 is 34.0 Å². The van der Waals surface area contributed by atoms with E-state index in [1.807, 2.05) is 25.1 Å². The summed E-state index contributed by atoms with van der Waals surface area (Å²) in [6, 6.07) is 12.0. The Hall–Kier alpha value is -3.75. The predicted octanol–water partition coefficient (Wildman–Crippen LogP) is 3.83. The molecule has 1 aliphatic heterocycles. The van der Waals surface area contributed by atoms with Crippen LogP contribution < -0.4 is 15.0 Å². The second kappa shape index (κ2) is 11.5. The molecule has 3 aromatic rings. The van der Waals surface area contributed by atoms with Crippen LogP contribution in [0.3, 0.4) is 0 Å². The molecular weight excluding hydrogens is 488 g/mol. The molecule has 10 nitrogen and oxygen atoms in total. The number of benzene rings is 1. The number of nitrogens with one attached hydrogen (secondary N) is 2. The van der Waals surface area contributed by atoms with Gasteiger partial charge in [0.05, 0.1) is 17.3 Å². The van der Waals surface area contributed by atoms with Crippen molar-refractivity contribution in [2.75, 3.05) is 37.4 Å². The van der Waals surface area contributed by atoms with E-state index in [0.717, 1.165) is 37.3 Å². The van der Waals surface area contributed by atoms with Crippen LogP contribution in [0.25, 0.3) is 0 Å². The summed E-state index contributed by atoms with van der Waals surface area (Å²) in [6.07, 6.45) is 2.08. The van der Waals surface area contributed by atoms with Crippen LogP contribution in [0.2, 0.25) is 0 Å². The third kappa shape index (κ3) is 6.15. The highest BCUT2D eigenvalue weighted by molar-refractivity contribution is 7.30. The molecule has 0 bridgehead atoms. The fraction of sp³-hybridized carbons (Fsp3) is 0.423. The van der Waals surface area contributed by atoms with Crippen molar-refractivity contribution in [1.82, 2.24) is 19.9 Å². The SMILES string of the molecule is CC[s+]1c(C(=O)O)c(C)[nH]c1=Nc1nc(NCc2ccc(C#N)cc2)cc(N2CCC(N(C)C)CC2)n1. The Morgan fingerprint density at radius 3 is 2.59 bits per heavy atom. The Morgan fingerprint density at radius 2 is 2.00 bits per heavy atom. The van der Waals surface area contributed by atoms with Gasteiger partial charge in [-0.05, 0) is 58.5 Å². The molecule has 1 unspecified atom stereocenters. The standard InChI is InChI=1S/C26H32N8O2S/c1-5-37-23(24(35)36)17(2)29-26(37)32-25-30-21(28-16-19-8-6-18(15-27)7-9-19)14-22(31-25)34-12-10-20(11-13-34)33(3)4/h6-9,14,20H,5,10-13,16H2,1-4H3,(H2-,28,29,30,31,32,35,36)/p+1. The molecule has 1 aromatic carbocycles. The van der Waals surface area contributed by atoms with Crippen molar-refractivity contribution < 1.29 is 9.90 Å². The molecule has 1 atom stereocenters. The van der Waals surface area contributed by atoms with Crippen LogP contribution in [0.4, 0.5) is 17.6 Å². The lowest BCUT2D eigenvalue weighted by Gasteiger charge is -2.35. The molecule has 0 saturated carbocycles. The molecule has 0 amide bonds. The molecule has 3 N–H and O–H groups in total. The van der Waals surface area contributed by atoms with E-state index in [9.17, 15) is 9.90 Å². The van der Waals surface area contributed by atoms with Crippen LogP contribution in [0, 0.1) is 18.3 Å². The van der Waals surface area contributed by atoms with E-state index in [4.69, 9.17) is 15.2 Å². The predicted molar refractivity (Wildman–Crippen MR) is 145 cm³/mol. The van der Waals surface area contributed by atoms with Gasteiger partial charge >= 0.3 is 10.8 Å². The van der Waals surface area contributed by atoms with Crippen LogP contribution in [0.5, 0.6) is 0 Å². The number of nitrogens with zero attached hydrogens (tertiary/aromatic N) is 6. The van der Waals surface area contributed by atoms with Crippen molar-refractivity contribution in [3.05, 3.63) is 56.8 Å². The number of carbonyl (C=O) groups is 1. The van der Waals surface area contributed by atoms with Gasteiger partial charge in [0.15, 0.2) is 0 Å². The van der Waals surface area contributed by atoms with Crippen molar-refractivity contribution in [3.63, 3.8) is 0 Å². The topological polar surface area (TPSA) is 134 Å². The van der Waals surface area contributed by atoms with Crippen LogP contribution >= 0.6 is 10.5 Å². The van der Waals surface area contributed by atoms with Gasteiger partial charge in [0.2, 0.25) is 0 Å². The van der Waals surface area contributed by atoms with Gasteiger partial charge in [-0.25, -0.2) is 4.79 Å². The Bertz CT molecular complexity index is 1360. The first-order chi connectivity index (χ1) is 17.8. The van der Waals surface area contributed by atoms with Crippen molar-refractivity contribution in [2.24, 2.45) is 4.99 Å². The summed E-state index contributed by atoms with van der Waals surface area (Å²) in [4.78, 5) is 34.6. The summed E-state index contributed by atoms with van der Waals surface area (Å²) in [5.41, 5.74) is 2.25. The van der Waals surface area contributed by atoms with E-state index in [0.29, 0.717) is 51.0 Å². The van der Waals surface area contributed by atoms with E-state index in [1.165, 1.54) is 0 Å². The maximum atomic E-state index is 11.8. The fourth-order valence-corrected chi connectivity index (χ4v) is 6.36. The Kier molecular flexibility index (Phi) is 8.21. The summed E-state index contributed by atoms with van der Waals surface area (Å²) in [5.74, 6) is 1.44. The lowest BCUT2D eigenvalue weighted by Crippen LogP contribution is -2.42. The van der Waals surface area contributed by atoms with Gasteiger partial charge in [-0.1, -0.05) is 12.1 Å². The number of hydrogen-bond acceptors (Lipinski definition) is 8. The van der Waals surface area contributed by atoms with E-state index >= 15 is 0 Å². The number of H-pyrrole nitrogens is 1. The lowest BCUT2D eigenvalue weighted by atomic mass is 10.0. The Labute approximate surface area is 219 Å². The summed E-state index contributed by atoms with van der Waals surface area (Å²) in [5, 5.41) is 22.1. The maximum Gasteiger partial charge on any atom is 0.391 e. The molecule has 194 valence electrons. The largest absolute Gasteiger partial charge is 0.474 e. The van der Waals surface area contributed by atoms with Gasteiger partial charge in [-0.15, -0.1) is 4.99 Å². The van der Waals surface area contributed by atoms with E-state index in [-0.39, 0.29) is 0 Å². The van der Waals surface area contributed by atoms with E-state index < -0.39 is 16.4 Å². The second-order valence-corrected chi connectivity index (χ2v) is 11.4. The molecule has 0 spiro atoms. The van der Waals surface area contributed by atoms with Crippen molar-refractivity contribution in [3.8, 4) is 6.07 Å². The van der Waals surface area contributed by atoms with E-state index in [2.05, 4.69) is 45.2 Å². The number of anilines is 2. The van der Waals surface area contributed by atoms with E-state index in [1.54, 1.807) is 19.1 Å². The Morgan fingerprint density at radius 1 is 1.30 bits per heavy atom. The summed E-state index contributed by atoms with van der Waals surface area (Å²) < 4.78 is 0. The smallest absolute Gasteiger partial charge is 0.391 e. The number of nitriles is 1. The first kappa shape index (κ1) is 26.3. The molecule has 1 fully saturated rings. The normalized spacial score (nSPS) is 15.2. The molecular formula is C26H33N8O2S+. The van der Waals surface area contributed by atoms with Crippen LogP contribution in [0.15, 0.2) is 35.3 Å². The first-order valence-corrected chi connectivity index (χ1v) is 13.7. The minimum atomic E-state index is -0.927. The monoisotopic (exact) mass is 521 g/mol. The average Bonchev–Trinajstić information content (AvgIpc) is 3.22. The van der Waals surface area contributed by atoms with Gasteiger partial charge in [0.25, 0.3) is 10.8 Å². The molecule has 3 heterocycles. The van der Waals surface area contributed by atoms with Crippen molar-refractivity contribution in [1.29, 1.82) is 5.26 Å².